The predicted molar refractivity (Wildman–Crippen MR) is 123 cm³/mol. The van der Waals surface area contributed by atoms with Crippen LogP contribution in [0.3, 0.4) is 0 Å². The van der Waals surface area contributed by atoms with Crippen molar-refractivity contribution in [3.05, 3.63) is 79.9 Å². The zero-order chi connectivity index (χ0) is 26.1. The highest BCUT2D eigenvalue weighted by molar-refractivity contribution is 6.09. The Bertz CT molecular complexity index is 1280. The van der Waals surface area contributed by atoms with Crippen LogP contribution in [0, 0.1) is 38.0 Å². The first-order valence-electron chi connectivity index (χ1n) is 11.3. The number of carbonyl (C=O) groups excluding carboxylic acids is 4. The lowest BCUT2D eigenvalue weighted by Crippen LogP contribution is -2.52. The zero-order valence-electron chi connectivity index (χ0n) is 19.2. The van der Waals surface area contributed by atoms with E-state index < -0.39 is 51.7 Å². The van der Waals surface area contributed by atoms with Crippen molar-refractivity contribution in [3.8, 4) is 0 Å². The van der Waals surface area contributed by atoms with Gasteiger partial charge in [-0.05, 0) is 43.4 Å². The minimum atomic E-state index is -0.928. The Kier molecular flexibility index (Phi) is 6.60. The molecule has 0 unspecified atom stereocenters. The molecule has 1 aliphatic carbocycles. The largest absolute Gasteiger partial charge is 0.292 e. The summed E-state index contributed by atoms with van der Waals surface area (Å²) in [7, 11) is 0. The number of carbonyl (C=O) groups is 4. The van der Waals surface area contributed by atoms with E-state index in [1.807, 2.05) is 6.92 Å². The van der Waals surface area contributed by atoms with Gasteiger partial charge in [-0.3, -0.25) is 39.4 Å². The molecule has 1 heterocycles. The number of hydrogen-bond acceptors (Lipinski definition) is 8. The van der Waals surface area contributed by atoms with Crippen molar-refractivity contribution in [3.63, 3.8) is 0 Å². The third-order valence-corrected chi connectivity index (χ3v) is 6.64. The number of imide groups is 1. The summed E-state index contributed by atoms with van der Waals surface area (Å²) in [5, 5.41) is 23.6. The maximum absolute atomic E-state index is 13.5. The van der Waals surface area contributed by atoms with Crippen LogP contribution >= 0.6 is 0 Å². The quantitative estimate of drug-likeness (QED) is 0.245. The van der Waals surface area contributed by atoms with Crippen molar-refractivity contribution < 1.29 is 29.0 Å². The van der Waals surface area contributed by atoms with Gasteiger partial charge in [0.25, 0.3) is 29.1 Å². The summed E-state index contributed by atoms with van der Waals surface area (Å²) in [5.74, 6) is -3.79. The zero-order valence-corrected chi connectivity index (χ0v) is 19.2. The summed E-state index contributed by atoms with van der Waals surface area (Å²) in [6, 6.07) is 9.45. The minimum absolute atomic E-state index is 0.0302. The van der Waals surface area contributed by atoms with Crippen molar-refractivity contribution in [1.82, 2.24) is 10.0 Å². The van der Waals surface area contributed by atoms with E-state index in [1.165, 1.54) is 30.3 Å². The van der Waals surface area contributed by atoms with Gasteiger partial charge in [0.15, 0.2) is 5.78 Å². The second-order valence-corrected chi connectivity index (χ2v) is 9.02. The van der Waals surface area contributed by atoms with Crippen LogP contribution in [0.2, 0.25) is 0 Å². The van der Waals surface area contributed by atoms with Crippen molar-refractivity contribution >= 4 is 34.9 Å². The molecule has 36 heavy (non-hydrogen) atoms. The summed E-state index contributed by atoms with van der Waals surface area (Å²) in [4.78, 5) is 73.9. The highest BCUT2D eigenvalue weighted by atomic mass is 16.6. The molecule has 2 aromatic carbocycles. The number of non-ortho nitro benzene ring substituents is 2. The van der Waals surface area contributed by atoms with Crippen molar-refractivity contribution in [2.45, 2.75) is 26.2 Å². The second-order valence-electron chi connectivity index (χ2n) is 9.02. The van der Waals surface area contributed by atoms with E-state index >= 15 is 0 Å². The number of benzene rings is 2. The minimum Gasteiger partial charge on any atom is -0.292 e. The molecule has 0 spiro atoms. The van der Waals surface area contributed by atoms with Gasteiger partial charge in [-0.2, -0.15) is 5.01 Å². The molecule has 1 saturated heterocycles. The fraction of sp³-hybridized carbons (Fsp3) is 0.333. The van der Waals surface area contributed by atoms with Gasteiger partial charge in [-0.1, -0.05) is 13.0 Å². The average Bonchev–Trinajstić information content (AvgIpc) is 3.11. The Hall–Kier alpha value is -4.48. The molecule has 0 N–H and O–H groups in total. The van der Waals surface area contributed by atoms with Gasteiger partial charge in [0, 0.05) is 35.4 Å². The number of fused-ring (bicyclic) bond motifs is 1. The molecule has 0 aromatic heterocycles. The number of hydrogen-bond donors (Lipinski definition) is 0. The highest BCUT2D eigenvalue weighted by Gasteiger charge is 2.52. The number of hydrazine groups is 1. The summed E-state index contributed by atoms with van der Waals surface area (Å²) >= 11 is 0. The average molecular weight is 494 g/mol. The van der Waals surface area contributed by atoms with Gasteiger partial charge in [-0.15, -0.1) is 0 Å². The third kappa shape index (κ3) is 4.57. The van der Waals surface area contributed by atoms with Gasteiger partial charge >= 0.3 is 0 Å². The summed E-state index contributed by atoms with van der Waals surface area (Å²) in [6.45, 7) is 1.26. The van der Waals surface area contributed by atoms with Crippen LogP contribution in [0.5, 0.6) is 0 Å². The van der Waals surface area contributed by atoms with Crippen LogP contribution in [0.4, 0.5) is 11.4 Å². The standard InChI is InChI=1S/C24H22N4O8/c1-14-5-10-19-20(11-14)24(32)26(23(19)31)25(22(30)16-3-2-4-18(12-16)28(35)36)13-21(29)15-6-8-17(9-7-15)27(33)34/h2-4,6-9,12,14,19-20H,5,10-11,13H2,1H3/t14-,19+,20-/m1/s1. The highest BCUT2D eigenvalue weighted by Crippen LogP contribution is 2.41. The summed E-state index contributed by atoms with van der Waals surface area (Å²) in [6.07, 6.45) is 1.69. The van der Waals surface area contributed by atoms with Gasteiger partial charge in [0.05, 0.1) is 21.7 Å². The van der Waals surface area contributed by atoms with E-state index in [0.717, 1.165) is 29.6 Å². The van der Waals surface area contributed by atoms with Crippen LogP contribution in [-0.4, -0.2) is 49.9 Å². The lowest BCUT2D eigenvalue weighted by Gasteiger charge is -2.30. The summed E-state index contributed by atoms with van der Waals surface area (Å²) < 4.78 is 0. The Labute approximate surface area is 204 Å². The smallest absolute Gasteiger partial charge is 0.273 e. The van der Waals surface area contributed by atoms with Gasteiger partial charge in [0.1, 0.15) is 6.54 Å². The predicted octanol–water partition coefficient (Wildman–Crippen LogP) is 3.16. The lowest BCUT2D eigenvalue weighted by molar-refractivity contribution is -0.385. The molecule has 3 atom stereocenters. The molecule has 3 amide bonds. The Morgan fingerprint density at radius 3 is 2.19 bits per heavy atom. The number of rotatable bonds is 7. The van der Waals surface area contributed by atoms with Gasteiger partial charge < -0.3 is 0 Å². The Morgan fingerprint density at radius 1 is 0.917 bits per heavy atom. The first-order chi connectivity index (χ1) is 17.1. The first kappa shape index (κ1) is 24.6. The van der Waals surface area contributed by atoms with Crippen molar-refractivity contribution in [2.75, 3.05) is 6.54 Å². The van der Waals surface area contributed by atoms with E-state index in [2.05, 4.69) is 0 Å². The molecule has 1 saturated carbocycles. The second kappa shape index (κ2) is 9.64. The molecule has 0 radical (unpaired) electrons. The molecular weight excluding hydrogens is 472 g/mol. The fourth-order valence-electron chi connectivity index (χ4n) is 4.74. The number of nitro groups is 2. The molecule has 2 fully saturated rings. The van der Waals surface area contributed by atoms with E-state index in [4.69, 9.17) is 0 Å². The monoisotopic (exact) mass is 494 g/mol. The van der Waals surface area contributed by atoms with Crippen LogP contribution in [0.15, 0.2) is 48.5 Å². The normalized spacial score (nSPS) is 21.1. The maximum Gasteiger partial charge on any atom is 0.273 e. The topological polar surface area (TPSA) is 161 Å². The molecule has 0 bridgehead atoms. The number of Topliss-reactive ketones (excluding diaryl/α,β-unsaturated/α-hetero) is 1. The fourth-order valence-corrected chi connectivity index (χ4v) is 4.74. The van der Waals surface area contributed by atoms with E-state index in [0.29, 0.717) is 17.9 Å². The first-order valence-corrected chi connectivity index (χ1v) is 11.3. The van der Waals surface area contributed by atoms with E-state index in [-0.39, 0.29) is 28.4 Å². The van der Waals surface area contributed by atoms with Crippen LogP contribution in [0.25, 0.3) is 0 Å². The lowest BCUT2D eigenvalue weighted by atomic mass is 9.76. The molecule has 186 valence electrons. The van der Waals surface area contributed by atoms with E-state index in [9.17, 15) is 39.4 Å². The number of nitrogens with zero attached hydrogens (tertiary/aromatic N) is 4. The van der Waals surface area contributed by atoms with Crippen LogP contribution < -0.4 is 0 Å². The van der Waals surface area contributed by atoms with Crippen molar-refractivity contribution in [1.29, 1.82) is 0 Å². The van der Waals surface area contributed by atoms with Crippen molar-refractivity contribution in [2.24, 2.45) is 17.8 Å². The number of nitro benzene ring substituents is 2. The molecule has 12 heteroatoms. The molecule has 2 aliphatic rings. The summed E-state index contributed by atoms with van der Waals surface area (Å²) in [5.41, 5.74) is -0.754. The van der Waals surface area contributed by atoms with E-state index in [1.54, 1.807) is 0 Å². The Morgan fingerprint density at radius 2 is 1.56 bits per heavy atom. The molecule has 4 rings (SSSR count). The van der Waals surface area contributed by atoms with Crippen LogP contribution in [-0.2, 0) is 9.59 Å². The number of amides is 3. The molecule has 1 aliphatic heterocycles. The van der Waals surface area contributed by atoms with Crippen LogP contribution in [0.1, 0.15) is 46.9 Å². The SMILES string of the molecule is C[C@@H]1CC[C@@H]2C(=O)N(N(CC(=O)c3ccc([N+](=O)[O-])cc3)C(=O)c3cccc([N+](=O)[O-])c3)C(=O)[C@@H]2C1. The Balaban J connectivity index is 1.70. The number of ketones is 1. The van der Waals surface area contributed by atoms with Gasteiger partial charge in [-0.25, -0.2) is 5.01 Å². The molecule has 2 aromatic rings. The maximum atomic E-state index is 13.5. The molecular formula is C24H22N4O8. The third-order valence-electron chi connectivity index (χ3n) is 6.64. The molecule has 12 nitrogen and oxygen atoms in total. The van der Waals surface area contributed by atoms with Gasteiger partial charge in [0.2, 0.25) is 0 Å².